The third-order valence-electron chi connectivity index (χ3n) is 2.71. The number of nitrogens with two attached hydrogens (primary N) is 1. The molecule has 3 N–H and O–H groups in total. The molecule has 3 nitrogen and oxygen atoms in total. The summed E-state index contributed by atoms with van der Waals surface area (Å²) >= 11 is 1.67. The lowest BCUT2D eigenvalue weighted by molar-refractivity contribution is -0.117. The Hall–Kier alpha value is -1.00. The Bertz CT molecular complexity index is 374. The first-order valence-corrected chi connectivity index (χ1v) is 6.96. The van der Waals surface area contributed by atoms with Crippen LogP contribution in [0.2, 0.25) is 0 Å². The molecule has 1 aromatic rings. The van der Waals surface area contributed by atoms with E-state index in [1.54, 1.807) is 11.8 Å². The lowest BCUT2D eigenvalue weighted by Gasteiger charge is -2.04. The molecule has 0 bridgehead atoms. The molecule has 0 spiro atoms. The van der Waals surface area contributed by atoms with Crippen molar-refractivity contribution >= 4 is 17.7 Å². The lowest BCUT2D eigenvalue weighted by Crippen LogP contribution is -2.15. The first kappa shape index (κ1) is 12.5. The van der Waals surface area contributed by atoms with Crippen molar-refractivity contribution in [1.82, 2.24) is 5.32 Å². The van der Waals surface area contributed by atoms with Crippen molar-refractivity contribution in [1.29, 1.82) is 0 Å². The second kappa shape index (κ2) is 6.07. The highest BCUT2D eigenvalue weighted by molar-refractivity contribution is 7.99. The molecule has 0 heterocycles. The van der Waals surface area contributed by atoms with Gasteiger partial charge in [-0.25, -0.2) is 0 Å². The van der Waals surface area contributed by atoms with Crippen LogP contribution in [-0.2, 0) is 11.3 Å². The second-order valence-electron chi connectivity index (χ2n) is 4.36. The number of amides is 1. The molecular formula is C13H18N2OS. The summed E-state index contributed by atoms with van der Waals surface area (Å²) in [5.41, 5.74) is 6.41. The van der Waals surface area contributed by atoms with Crippen molar-refractivity contribution in [3.8, 4) is 0 Å². The minimum absolute atomic E-state index is 0.234. The third kappa shape index (κ3) is 4.79. The molecule has 0 aliphatic heterocycles. The number of rotatable bonds is 7. The van der Waals surface area contributed by atoms with Gasteiger partial charge in [0.1, 0.15) is 0 Å². The van der Waals surface area contributed by atoms with E-state index in [9.17, 15) is 4.79 Å². The summed E-state index contributed by atoms with van der Waals surface area (Å²) in [6.07, 6.45) is 3.08. The maximum Gasteiger partial charge on any atom is 0.218 e. The van der Waals surface area contributed by atoms with Crippen LogP contribution in [0.15, 0.2) is 29.2 Å². The quantitative estimate of drug-likeness (QED) is 0.727. The molecule has 1 aromatic carbocycles. The zero-order valence-corrected chi connectivity index (χ0v) is 10.6. The zero-order chi connectivity index (χ0) is 12.1. The number of thioether (sulfide) groups is 1. The molecule has 92 valence electrons. The molecule has 0 atom stereocenters. The van der Waals surface area contributed by atoms with Gasteiger partial charge in [-0.05, 0) is 30.5 Å². The van der Waals surface area contributed by atoms with E-state index in [0.717, 1.165) is 18.3 Å². The molecule has 0 saturated heterocycles. The van der Waals surface area contributed by atoms with Gasteiger partial charge in [0, 0.05) is 29.7 Å². The van der Waals surface area contributed by atoms with Gasteiger partial charge in [-0.2, -0.15) is 0 Å². The van der Waals surface area contributed by atoms with Gasteiger partial charge in [0.25, 0.3) is 0 Å². The summed E-state index contributed by atoms with van der Waals surface area (Å²) in [5, 5.41) is 3.48. The average molecular weight is 250 g/mol. The highest BCUT2D eigenvalue weighted by atomic mass is 32.2. The van der Waals surface area contributed by atoms with Gasteiger partial charge in [-0.3, -0.25) is 4.79 Å². The minimum Gasteiger partial charge on any atom is -0.370 e. The van der Waals surface area contributed by atoms with Crippen molar-refractivity contribution in [2.45, 2.75) is 36.7 Å². The van der Waals surface area contributed by atoms with Crippen molar-refractivity contribution in [2.75, 3.05) is 5.75 Å². The molecular weight excluding hydrogens is 232 g/mol. The number of hydrogen-bond donors (Lipinski definition) is 2. The van der Waals surface area contributed by atoms with Gasteiger partial charge < -0.3 is 11.1 Å². The second-order valence-corrected chi connectivity index (χ2v) is 5.53. The van der Waals surface area contributed by atoms with E-state index in [0.29, 0.717) is 6.42 Å². The molecule has 0 radical (unpaired) electrons. The molecule has 17 heavy (non-hydrogen) atoms. The fraction of sp³-hybridized carbons (Fsp3) is 0.462. The van der Waals surface area contributed by atoms with E-state index in [4.69, 9.17) is 5.73 Å². The lowest BCUT2D eigenvalue weighted by atomic mass is 10.2. The van der Waals surface area contributed by atoms with Crippen molar-refractivity contribution in [3.05, 3.63) is 29.8 Å². The smallest absolute Gasteiger partial charge is 0.218 e. The van der Waals surface area contributed by atoms with Gasteiger partial charge in [0.05, 0.1) is 0 Å². The summed E-state index contributed by atoms with van der Waals surface area (Å²) in [6, 6.07) is 9.24. The SMILES string of the molecule is NC(=O)CCSc1ccc(CNC2CC2)cc1. The molecule has 1 saturated carbocycles. The Labute approximate surface area is 106 Å². The van der Waals surface area contributed by atoms with Gasteiger partial charge >= 0.3 is 0 Å². The Balaban J connectivity index is 1.73. The largest absolute Gasteiger partial charge is 0.370 e. The maximum absolute atomic E-state index is 10.6. The highest BCUT2D eigenvalue weighted by Gasteiger charge is 2.19. The number of hydrogen-bond acceptors (Lipinski definition) is 3. The number of primary amides is 1. The van der Waals surface area contributed by atoms with Crippen molar-refractivity contribution in [2.24, 2.45) is 5.73 Å². The van der Waals surface area contributed by atoms with Crippen LogP contribution in [0.3, 0.4) is 0 Å². The first-order chi connectivity index (χ1) is 8.24. The van der Waals surface area contributed by atoms with Crippen LogP contribution in [0, 0.1) is 0 Å². The molecule has 1 aliphatic rings. The Kier molecular flexibility index (Phi) is 4.45. The third-order valence-corrected chi connectivity index (χ3v) is 3.73. The number of nitrogens with one attached hydrogen (secondary N) is 1. The summed E-state index contributed by atoms with van der Waals surface area (Å²) < 4.78 is 0. The maximum atomic E-state index is 10.6. The van der Waals surface area contributed by atoms with Crippen LogP contribution < -0.4 is 11.1 Å². The standard InChI is InChI=1S/C13H18N2OS/c14-13(16)7-8-17-12-5-1-10(2-6-12)9-15-11-3-4-11/h1-2,5-6,11,15H,3-4,7-9H2,(H2,14,16). The van der Waals surface area contributed by atoms with Gasteiger partial charge in [0.2, 0.25) is 5.91 Å². The summed E-state index contributed by atoms with van der Waals surface area (Å²) in [7, 11) is 0. The van der Waals surface area contributed by atoms with E-state index in [-0.39, 0.29) is 5.91 Å². The predicted octanol–water partition coefficient (Wildman–Crippen LogP) is 1.91. The summed E-state index contributed by atoms with van der Waals surface area (Å²) in [5.74, 6) is 0.525. The zero-order valence-electron chi connectivity index (χ0n) is 9.82. The Morgan fingerprint density at radius 2 is 2.06 bits per heavy atom. The van der Waals surface area contributed by atoms with Gasteiger partial charge in [-0.1, -0.05) is 12.1 Å². The van der Waals surface area contributed by atoms with Gasteiger partial charge in [0.15, 0.2) is 0 Å². The number of carbonyl (C=O) groups excluding carboxylic acids is 1. The average Bonchev–Trinajstić information content (AvgIpc) is 3.11. The topological polar surface area (TPSA) is 55.1 Å². The summed E-state index contributed by atoms with van der Waals surface area (Å²) in [6.45, 7) is 0.955. The molecule has 0 aromatic heterocycles. The Morgan fingerprint density at radius 3 is 2.65 bits per heavy atom. The first-order valence-electron chi connectivity index (χ1n) is 5.97. The molecule has 0 unspecified atom stereocenters. The fourth-order valence-electron chi connectivity index (χ4n) is 1.52. The van der Waals surface area contributed by atoms with E-state index in [1.807, 2.05) is 0 Å². The molecule has 2 rings (SSSR count). The normalized spacial score (nSPS) is 14.8. The Morgan fingerprint density at radius 1 is 1.35 bits per heavy atom. The fourth-order valence-corrected chi connectivity index (χ4v) is 2.39. The predicted molar refractivity (Wildman–Crippen MR) is 70.8 cm³/mol. The number of carbonyl (C=O) groups is 1. The molecule has 1 aliphatic carbocycles. The van der Waals surface area contributed by atoms with Crippen LogP contribution in [0.5, 0.6) is 0 Å². The summed E-state index contributed by atoms with van der Waals surface area (Å²) in [4.78, 5) is 11.8. The van der Waals surface area contributed by atoms with E-state index in [2.05, 4.69) is 29.6 Å². The molecule has 4 heteroatoms. The van der Waals surface area contributed by atoms with Crippen LogP contribution in [0.25, 0.3) is 0 Å². The molecule has 1 amide bonds. The van der Waals surface area contributed by atoms with Crippen LogP contribution >= 0.6 is 11.8 Å². The van der Waals surface area contributed by atoms with Crippen LogP contribution in [-0.4, -0.2) is 17.7 Å². The molecule has 1 fully saturated rings. The van der Waals surface area contributed by atoms with Crippen molar-refractivity contribution < 1.29 is 4.79 Å². The van der Waals surface area contributed by atoms with E-state index < -0.39 is 0 Å². The van der Waals surface area contributed by atoms with E-state index in [1.165, 1.54) is 23.3 Å². The van der Waals surface area contributed by atoms with E-state index >= 15 is 0 Å². The highest BCUT2D eigenvalue weighted by Crippen LogP contribution is 2.21. The van der Waals surface area contributed by atoms with Crippen LogP contribution in [0.1, 0.15) is 24.8 Å². The van der Waals surface area contributed by atoms with Crippen molar-refractivity contribution in [3.63, 3.8) is 0 Å². The van der Waals surface area contributed by atoms with Crippen LogP contribution in [0.4, 0.5) is 0 Å². The monoisotopic (exact) mass is 250 g/mol. The minimum atomic E-state index is -0.234. The number of benzene rings is 1. The van der Waals surface area contributed by atoms with Gasteiger partial charge in [-0.15, -0.1) is 11.8 Å².